The van der Waals surface area contributed by atoms with E-state index in [1.165, 1.54) is 0 Å². The highest BCUT2D eigenvalue weighted by Crippen LogP contribution is 2.24. The van der Waals surface area contributed by atoms with Crippen molar-refractivity contribution in [3.8, 4) is 0 Å². The van der Waals surface area contributed by atoms with E-state index in [1.54, 1.807) is 6.07 Å². The Labute approximate surface area is 179 Å². The summed E-state index contributed by atoms with van der Waals surface area (Å²) in [5, 5.41) is 4.01. The Bertz CT molecular complexity index is 1180. The van der Waals surface area contributed by atoms with Gasteiger partial charge in [0.1, 0.15) is 5.82 Å². The maximum absolute atomic E-state index is 12.5. The Balaban J connectivity index is 1.61. The number of aromatic nitrogens is 2. The molecule has 3 aromatic carbocycles. The molecule has 0 bridgehead atoms. The van der Waals surface area contributed by atoms with Crippen molar-refractivity contribution in [2.75, 3.05) is 0 Å². The minimum Gasteiger partial charge on any atom is -0.345 e. The fraction of sp³-hybridized carbons (Fsp3) is 0.130. The van der Waals surface area contributed by atoms with E-state index >= 15 is 0 Å². The van der Waals surface area contributed by atoms with Crippen LogP contribution in [0.15, 0.2) is 66.7 Å². The first-order valence-electron chi connectivity index (χ1n) is 9.24. The van der Waals surface area contributed by atoms with Crippen molar-refractivity contribution in [3.63, 3.8) is 0 Å². The summed E-state index contributed by atoms with van der Waals surface area (Å²) in [6.07, 6.45) is 0. The summed E-state index contributed by atoms with van der Waals surface area (Å²) < 4.78 is 2.09. The molecule has 0 aliphatic heterocycles. The minimum absolute atomic E-state index is 0.127. The van der Waals surface area contributed by atoms with Gasteiger partial charge in [-0.3, -0.25) is 4.79 Å². The second kappa shape index (κ2) is 8.27. The van der Waals surface area contributed by atoms with E-state index in [4.69, 9.17) is 28.2 Å². The average Bonchev–Trinajstić information content (AvgIpc) is 3.07. The number of amides is 1. The molecule has 4 aromatic rings. The zero-order valence-corrected chi connectivity index (χ0v) is 17.3. The monoisotopic (exact) mass is 423 g/mol. The van der Waals surface area contributed by atoms with Gasteiger partial charge < -0.3 is 9.88 Å². The third-order valence-electron chi connectivity index (χ3n) is 4.78. The smallest absolute Gasteiger partial charge is 0.251 e. The molecule has 0 fully saturated rings. The van der Waals surface area contributed by atoms with Gasteiger partial charge in [-0.2, -0.15) is 0 Å². The molecule has 1 aromatic heterocycles. The molecule has 4 nitrogen and oxygen atoms in total. The number of nitrogens with zero attached hydrogens (tertiary/aromatic N) is 2. The zero-order valence-electron chi connectivity index (χ0n) is 15.8. The van der Waals surface area contributed by atoms with Gasteiger partial charge in [-0.05, 0) is 48.9 Å². The number of carbonyl (C=O) groups excluding carboxylic acids is 1. The number of rotatable bonds is 5. The van der Waals surface area contributed by atoms with E-state index < -0.39 is 0 Å². The number of hydrogen-bond acceptors (Lipinski definition) is 2. The third-order valence-corrected chi connectivity index (χ3v) is 5.52. The van der Waals surface area contributed by atoms with Gasteiger partial charge in [0.05, 0.1) is 27.6 Å². The van der Waals surface area contributed by atoms with Crippen molar-refractivity contribution in [2.45, 2.75) is 20.0 Å². The number of fused-ring (bicyclic) bond motifs is 1. The second-order valence-corrected chi connectivity index (χ2v) is 7.71. The summed E-state index contributed by atoms with van der Waals surface area (Å²) in [5.41, 5.74) is 4.63. The molecule has 0 saturated heterocycles. The number of imidazole rings is 1. The third kappa shape index (κ3) is 4.29. The van der Waals surface area contributed by atoms with Crippen LogP contribution in [0.5, 0.6) is 0 Å². The minimum atomic E-state index is -0.127. The van der Waals surface area contributed by atoms with Gasteiger partial charge >= 0.3 is 0 Å². The highest BCUT2D eigenvalue weighted by molar-refractivity contribution is 6.42. The number of hydrogen-bond donors (Lipinski definition) is 1. The van der Waals surface area contributed by atoms with E-state index in [0.29, 0.717) is 28.7 Å². The van der Waals surface area contributed by atoms with Crippen LogP contribution < -0.4 is 5.32 Å². The summed E-state index contributed by atoms with van der Waals surface area (Å²) in [6, 6.07) is 21.0. The van der Waals surface area contributed by atoms with Crippen LogP contribution in [-0.2, 0) is 13.1 Å². The molecule has 1 heterocycles. The van der Waals surface area contributed by atoms with E-state index in [1.807, 2.05) is 67.6 Å². The topological polar surface area (TPSA) is 46.9 Å². The van der Waals surface area contributed by atoms with Crippen molar-refractivity contribution in [2.24, 2.45) is 0 Å². The van der Waals surface area contributed by atoms with E-state index in [-0.39, 0.29) is 5.91 Å². The fourth-order valence-electron chi connectivity index (χ4n) is 3.22. The Morgan fingerprint density at radius 3 is 2.52 bits per heavy atom. The predicted molar refractivity (Wildman–Crippen MR) is 118 cm³/mol. The maximum Gasteiger partial charge on any atom is 0.251 e. The molecule has 0 saturated carbocycles. The van der Waals surface area contributed by atoms with E-state index in [0.717, 1.165) is 28.0 Å². The first kappa shape index (κ1) is 19.5. The zero-order chi connectivity index (χ0) is 20.4. The SMILES string of the molecule is Cc1ccc(C(=O)NCc2nc3ccccc3n2Cc2ccc(Cl)c(Cl)c2)cc1. The molecule has 1 amide bonds. The molecule has 0 aliphatic rings. The molecule has 146 valence electrons. The molecule has 4 rings (SSSR count). The van der Waals surface area contributed by atoms with Gasteiger partial charge in [-0.15, -0.1) is 0 Å². The predicted octanol–water partition coefficient (Wildman–Crippen LogP) is 5.63. The molecular formula is C23H19Cl2N3O. The summed E-state index contributed by atoms with van der Waals surface area (Å²) in [7, 11) is 0. The molecule has 0 atom stereocenters. The van der Waals surface area contributed by atoms with Crippen LogP contribution in [0.2, 0.25) is 10.0 Å². The Morgan fingerprint density at radius 1 is 1.00 bits per heavy atom. The Morgan fingerprint density at radius 2 is 1.76 bits per heavy atom. The highest BCUT2D eigenvalue weighted by Gasteiger charge is 2.13. The molecule has 0 aliphatic carbocycles. The largest absolute Gasteiger partial charge is 0.345 e. The molecule has 0 radical (unpaired) electrons. The molecule has 0 spiro atoms. The highest BCUT2D eigenvalue weighted by atomic mass is 35.5. The lowest BCUT2D eigenvalue weighted by Gasteiger charge is -2.11. The maximum atomic E-state index is 12.5. The molecule has 6 heteroatoms. The first-order chi connectivity index (χ1) is 14.0. The van der Waals surface area contributed by atoms with Crippen LogP contribution in [0, 0.1) is 6.92 Å². The number of halogens is 2. The van der Waals surface area contributed by atoms with Gasteiger partial charge in [0, 0.05) is 12.1 Å². The lowest BCUT2D eigenvalue weighted by atomic mass is 10.1. The first-order valence-corrected chi connectivity index (χ1v) is 10.00. The van der Waals surface area contributed by atoms with Crippen molar-refractivity contribution in [1.82, 2.24) is 14.9 Å². The summed E-state index contributed by atoms with van der Waals surface area (Å²) in [5.74, 6) is 0.649. The van der Waals surface area contributed by atoms with Gasteiger partial charge in [-0.25, -0.2) is 4.98 Å². The molecule has 1 N–H and O–H groups in total. The molecule has 29 heavy (non-hydrogen) atoms. The standard InChI is InChI=1S/C23H19Cl2N3O/c1-15-6-9-17(10-7-15)23(29)26-13-22-27-20-4-2-3-5-21(20)28(22)14-16-8-11-18(24)19(25)12-16/h2-12H,13-14H2,1H3,(H,26,29). The molecule has 0 unspecified atom stereocenters. The van der Waals surface area contributed by atoms with Crippen molar-refractivity contribution < 1.29 is 4.79 Å². The summed E-state index contributed by atoms with van der Waals surface area (Å²) in [6.45, 7) is 2.89. The summed E-state index contributed by atoms with van der Waals surface area (Å²) >= 11 is 12.2. The van der Waals surface area contributed by atoms with Crippen molar-refractivity contribution in [3.05, 3.63) is 99.3 Å². The number of carbonyl (C=O) groups is 1. The second-order valence-electron chi connectivity index (χ2n) is 6.90. The number of aryl methyl sites for hydroxylation is 1. The van der Waals surface area contributed by atoms with Gasteiger partial charge in [0.15, 0.2) is 0 Å². The van der Waals surface area contributed by atoms with Gasteiger partial charge in [0.2, 0.25) is 0 Å². The van der Waals surface area contributed by atoms with Crippen LogP contribution in [0.4, 0.5) is 0 Å². The number of para-hydroxylation sites is 2. The van der Waals surface area contributed by atoms with Crippen LogP contribution >= 0.6 is 23.2 Å². The van der Waals surface area contributed by atoms with Crippen LogP contribution in [0.1, 0.15) is 27.3 Å². The Hall–Kier alpha value is -2.82. The normalized spacial score (nSPS) is 11.0. The van der Waals surface area contributed by atoms with E-state index in [2.05, 4.69) is 9.88 Å². The van der Waals surface area contributed by atoms with Crippen molar-refractivity contribution >= 4 is 40.1 Å². The number of nitrogens with one attached hydrogen (secondary N) is 1. The van der Waals surface area contributed by atoms with Crippen LogP contribution in [0.3, 0.4) is 0 Å². The van der Waals surface area contributed by atoms with Crippen LogP contribution in [-0.4, -0.2) is 15.5 Å². The quantitative estimate of drug-likeness (QED) is 0.451. The van der Waals surface area contributed by atoms with Crippen LogP contribution in [0.25, 0.3) is 11.0 Å². The fourth-order valence-corrected chi connectivity index (χ4v) is 3.54. The Kier molecular flexibility index (Phi) is 5.56. The lowest BCUT2D eigenvalue weighted by molar-refractivity contribution is 0.0949. The van der Waals surface area contributed by atoms with Gasteiger partial charge in [0.25, 0.3) is 5.91 Å². The number of benzene rings is 3. The average molecular weight is 424 g/mol. The molecular weight excluding hydrogens is 405 g/mol. The van der Waals surface area contributed by atoms with Crippen molar-refractivity contribution in [1.29, 1.82) is 0 Å². The lowest BCUT2D eigenvalue weighted by Crippen LogP contribution is -2.24. The van der Waals surface area contributed by atoms with Gasteiger partial charge in [-0.1, -0.05) is 59.1 Å². The van der Waals surface area contributed by atoms with E-state index in [9.17, 15) is 4.79 Å². The summed E-state index contributed by atoms with van der Waals surface area (Å²) in [4.78, 5) is 17.2.